The normalized spacial score (nSPS) is 13.4. The molecule has 0 saturated carbocycles. The number of fused-ring (bicyclic) bond motifs is 8. The predicted octanol–water partition coefficient (Wildman–Crippen LogP) is 12.1. The van der Waals surface area contributed by atoms with Crippen LogP contribution in [0.1, 0.15) is 0 Å². The third kappa shape index (κ3) is 6.31. The molecule has 0 radical (unpaired) electrons. The minimum Gasteiger partial charge on any atom is -0.311 e. The number of anilines is 6. The Kier molecular flexibility index (Phi) is 9.21. The van der Waals surface area contributed by atoms with Crippen molar-refractivity contribution in [3.8, 4) is 22.3 Å². The van der Waals surface area contributed by atoms with Crippen LogP contribution in [0.2, 0.25) is 0 Å². The summed E-state index contributed by atoms with van der Waals surface area (Å²) in [5.41, 5.74) is 19.6. The van der Waals surface area contributed by atoms with Gasteiger partial charge in [0.05, 0.1) is 15.7 Å². The summed E-state index contributed by atoms with van der Waals surface area (Å²) in [5.74, 6) is 0. The topological polar surface area (TPSA) is 19.4 Å². The lowest BCUT2D eigenvalue weighted by Crippen LogP contribution is -2.63. The van der Waals surface area contributed by atoms with Gasteiger partial charge >= 0.3 is 0 Å². The predicted molar refractivity (Wildman–Crippen MR) is 285 cm³/mol. The lowest BCUT2D eigenvalue weighted by Gasteiger charge is -2.42. The summed E-state index contributed by atoms with van der Waals surface area (Å²) in [7, 11) is 0. The molecule has 9 aromatic carbocycles. The number of benzene rings is 9. The Labute approximate surface area is 404 Å². The Bertz CT molecular complexity index is 3550. The van der Waals surface area contributed by atoms with E-state index >= 15 is 0 Å². The van der Waals surface area contributed by atoms with E-state index in [0.29, 0.717) is 0 Å². The van der Waals surface area contributed by atoms with Gasteiger partial charge in [-0.25, -0.2) is 4.98 Å². The maximum absolute atomic E-state index is 5.82. The van der Waals surface area contributed by atoms with Crippen molar-refractivity contribution >= 4 is 116 Å². The number of para-hydroxylation sites is 4. The van der Waals surface area contributed by atoms with Gasteiger partial charge < -0.3 is 9.80 Å². The van der Waals surface area contributed by atoms with Crippen molar-refractivity contribution in [2.24, 2.45) is 0 Å². The first-order valence-electron chi connectivity index (χ1n) is 22.8. The fourth-order valence-electron chi connectivity index (χ4n) is 10.8. The average Bonchev–Trinajstić information content (AvgIpc) is 3.39. The highest BCUT2D eigenvalue weighted by Gasteiger charge is 2.45. The van der Waals surface area contributed by atoms with E-state index in [1.54, 1.807) is 0 Å². The first-order chi connectivity index (χ1) is 33.2. The van der Waals surface area contributed by atoms with E-state index in [9.17, 15) is 0 Å². The first kappa shape index (κ1) is 39.1. The molecule has 0 atom stereocenters. The van der Waals surface area contributed by atoms with Gasteiger partial charge in [-0.3, -0.25) is 0 Å². The maximum Gasteiger partial charge on any atom is 0.251 e. The van der Waals surface area contributed by atoms with Crippen molar-refractivity contribution < 1.29 is 0 Å². The number of pyridine rings is 1. The van der Waals surface area contributed by atoms with E-state index in [4.69, 9.17) is 4.98 Å². The van der Waals surface area contributed by atoms with Crippen LogP contribution in [-0.4, -0.2) is 18.4 Å². The van der Waals surface area contributed by atoms with Crippen LogP contribution in [0.5, 0.6) is 0 Å². The Morgan fingerprint density at radius 2 is 0.866 bits per heavy atom. The van der Waals surface area contributed by atoms with E-state index in [0.717, 1.165) is 32.8 Å². The van der Waals surface area contributed by atoms with Crippen LogP contribution in [0.25, 0.3) is 22.3 Å². The van der Waals surface area contributed by atoms with Crippen molar-refractivity contribution in [1.82, 2.24) is 4.98 Å². The molecule has 67 heavy (non-hydrogen) atoms. The zero-order valence-corrected chi connectivity index (χ0v) is 38.5. The monoisotopic (exact) mass is 905 g/mol. The van der Waals surface area contributed by atoms with Crippen LogP contribution in [0, 0.1) is 0 Å². The minimum absolute atomic E-state index is 0.0362. The van der Waals surface area contributed by atoms with Crippen molar-refractivity contribution in [2.75, 3.05) is 9.80 Å². The number of aromatic nitrogens is 1. The molecule has 0 saturated heterocycles. The molecule has 3 nitrogen and oxygen atoms in total. The van der Waals surface area contributed by atoms with Crippen LogP contribution in [0.4, 0.5) is 34.1 Å². The van der Waals surface area contributed by atoms with Gasteiger partial charge in [-0.05, 0) is 111 Å². The third-order valence-corrected chi connectivity index (χ3v) is 16.9. The average molecular weight is 906 g/mol. The van der Waals surface area contributed by atoms with Crippen LogP contribution in [-0.2, 0) is 0 Å². The summed E-state index contributed by atoms with van der Waals surface area (Å²) >= 11 is 5.58. The molecule has 4 aliphatic rings. The Balaban J connectivity index is 1.02. The third-order valence-electron chi connectivity index (χ3n) is 13.6. The number of nitrogens with zero attached hydrogens (tertiary/aromatic N) is 3. The molecular weight excluding hydrogens is 868 g/mol. The molecular formula is C59H37B2N3S3. The van der Waals surface area contributed by atoms with E-state index in [1.165, 1.54) is 86.0 Å². The highest BCUT2D eigenvalue weighted by molar-refractivity contribution is 8.01. The van der Waals surface area contributed by atoms with Gasteiger partial charge in [0.25, 0.3) is 6.71 Å². The minimum atomic E-state index is -0.0362. The zero-order valence-electron chi connectivity index (χ0n) is 36.1. The molecule has 0 spiro atoms. The SMILES string of the molecule is c1ccc(-c2cc3c4c(c2)Sc2nc5c(cc2B4c2ccccc2S3)B2c3ccccc3N(c3ccccc3-c3ccccc3)c3cc(N(c4ccccc4)c4ccccc4)cc(c32)S5)cc1. The lowest BCUT2D eigenvalue weighted by atomic mass is 9.32. The second kappa shape index (κ2) is 15.8. The summed E-state index contributed by atoms with van der Waals surface area (Å²) < 4.78 is 0. The molecule has 0 N–H and O–H groups in total. The fraction of sp³-hybridized carbons (Fsp3) is 0. The van der Waals surface area contributed by atoms with Crippen molar-refractivity contribution in [1.29, 1.82) is 0 Å². The Morgan fingerprint density at radius 3 is 1.55 bits per heavy atom. The lowest BCUT2D eigenvalue weighted by molar-refractivity contribution is 1.03. The summed E-state index contributed by atoms with van der Waals surface area (Å²) in [6.45, 7) is 0.0406. The molecule has 14 rings (SSSR count). The molecule has 0 bridgehead atoms. The van der Waals surface area contributed by atoms with Crippen molar-refractivity contribution in [2.45, 2.75) is 29.6 Å². The number of hydrogen-bond donors (Lipinski definition) is 0. The molecule has 1 aromatic heterocycles. The second-order valence-electron chi connectivity index (χ2n) is 17.4. The van der Waals surface area contributed by atoms with Gasteiger partial charge in [0.2, 0.25) is 6.71 Å². The van der Waals surface area contributed by atoms with Gasteiger partial charge in [0.15, 0.2) is 0 Å². The van der Waals surface area contributed by atoms with Crippen LogP contribution < -0.4 is 42.6 Å². The van der Waals surface area contributed by atoms with Crippen LogP contribution in [0.15, 0.2) is 254 Å². The Hall–Kier alpha value is -7.09. The van der Waals surface area contributed by atoms with Crippen LogP contribution in [0.3, 0.4) is 0 Å². The summed E-state index contributed by atoms with van der Waals surface area (Å²) in [4.78, 5) is 15.9. The van der Waals surface area contributed by atoms with E-state index < -0.39 is 0 Å². The molecule has 10 aromatic rings. The largest absolute Gasteiger partial charge is 0.311 e. The van der Waals surface area contributed by atoms with E-state index in [1.807, 2.05) is 35.3 Å². The highest BCUT2D eigenvalue weighted by Crippen LogP contribution is 2.49. The fourth-order valence-corrected chi connectivity index (χ4v) is 14.4. The van der Waals surface area contributed by atoms with E-state index in [2.05, 4.69) is 234 Å². The highest BCUT2D eigenvalue weighted by atomic mass is 32.2. The van der Waals surface area contributed by atoms with Gasteiger partial charge in [-0.15, -0.1) is 0 Å². The van der Waals surface area contributed by atoms with E-state index in [-0.39, 0.29) is 13.4 Å². The van der Waals surface area contributed by atoms with Crippen molar-refractivity contribution in [3.05, 3.63) is 224 Å². The summed E-state index contributed by atoms with van der Waals surface area (Å²) in [6.07, 6.45) is 0. The molecule has 0 fully saturated rings. The zero-order chi connectivity index (χ0) is 44.0. The number of hydrogen-bond acceptors (Lipinski definition) is 6. The molecule has 312 valence electrons. The summed E-state index contributed by atoms with van der Waals surface area (Å²) in [6, 6.07) is 82.5. The first-order valence-corrected chi connectivity index (χ1v) is 25.2. The number of rotatable bonds is 6. The van der Waals surface area contributed by atoms with Gasteiger partial charge in [-0.1, -0.05) is 198 Å². The maximum atomic E-state index is 5.82. The van der Waals surface area contributed by atoms with Crippen LogP contribution >= 0.6 is 35.3 Å². The summed E-state index contributed by atoms with van der Waals surface area (Å²) in [5, 5.41) is 2.17. The molecule has 8 heteroatoms. The quantitative estimate of drug-likeness (QED) is 0.154. The smallest absolute Gasteiger partial charge is 0.251 e. The Morgan fingerprint density at radius 1 is 0.343 bits per heavy atom. The molecule has 0 aliphatic carbocycles. The van der Waals surface area contributed by atoms with Gasteiger partial charge in [0.1, 0.15) is 0 Å². The molecule has 5 heterocycles. The second-order valence-corrected chi connectivity index (χ2v) is 20.5. The molecule has 0 unspecified atom stereocenters. The van der Waals surface area contributed by atoms with Crippen molar-refractivity contribution in [3.63, 3.8) is 0 Å². The molecule has 4 aliphatic heterocycles. The molecule has 0 amide bonds. The van der Waals surface area contributed by atoms with Gasteiger partial charge in [0, 0.05) is 53.6 Å². The van der Waals surface area contributed by atoms with Gasteiger partial charge in [-0.2, -0.15) is 0 Å². The standard InChI is InChI=1S/C59H37B2N3S3/c1-5-19-38(20-6-1)40-33-53-57-54(34-40)66-59-48(61(57)46-29-15-18-32-52(46)65-53)37-47-58(62-59)67-55-36-43(63(41-23-9-3-10-24-41)42-25-11-4-12-26-42)35-51-56(55)60(47)45-28-14-17-31-50(45)64(51)49-30-16-13-27-44(49)39-21-7-2-8-22-39/h1-37H.